The Kier molecular flexibility index (Phi) is 6.36. The Morgan fingerprint density at radius 3 is 3.05 bits per heavy atom. The summed E-state index contributed by atoms with van der Waals surface area (Å²) in [5, 5.41) is 7.56. The molecule has 2 rings (SSSR count). The number of thioether (sulfide) groups is 1. The summed E-state index contributed by atoms with van der Waals surface area (Å²) in [6, 6.07) is 7.09. The van der Waals surface area contributed by atoms with Crippen molar-refractivity contribution in [1.82, 2.24) is 10.3 Å². The highest BCUT2D eigenvalue weighted by Gasteiger charge is 2.05. The number of rotatable bonds is 7. The van der Waals surface area contributed by atoms with E-state index in [1.165, 1.54) is 0 Å². The van der Waals surface area contributed by atoms with Crippen LogP contribution in [0, 0.1) is 0 Å². The lowest BCUT2D eigenvalue weighted by atomic mass is 10.3. The third-order valence-corrected chi connectivity index (χ3v) is 4.65. The molecule has 0 aliphatic rings. The summed E-state index contributed by atoms with van der Waals surface area (Å²) in [5.74, 6) is 1.58. The summed E-state index contributed by atoms with van der Waals surface area (Å²) >= 11 is 3.34. The van der Waals surface area contributed by atoms with Crippen molar-refractivity contribution in [2.24, 2.45) is 0 Å². The van der Waals surface area contributed by atoms with Crippen LogP contribution in [0.3, 0.4) is 0 Å². The number of aromatic nitrogens is 1. The molecular formula is C14H17N3O2S2. The molecule has 0 fully saturated rings. The number of hydrogen-bond acceptors (Lipinski definition) is 5. The number of thiazole rings is 1. The average Bonchev–Trinajstić information content (AvgIpc) is 3.01. The molecule has 5 nitrogen and oxygen atoms in total. The van der Waals surface area contributed by atoms with Gasteiger partial charge in [-0.05, 0) is 18.6 Å². The van der Waals surface area contributed by atoms with Crippen LogP contribution in [0.4, 0.5) is 10.5 Å². The van der Waals surface area contributed by atoms with Gasteiger partial charge in [-0.25, -0.2) is 9.78 Å². The van der Waals surface area contributed by atoms with Crippen molar-refractivity contribution in [3.8, 4) is 5.75 Å². The largest absolute Gasteiger partial charge is 0.495 e. The zero-order chi connectivity index (χ0) is 14.9. The second kappa shape index (κ2) is 8.53. The third-order valence-electron chi connectivity index (χ3n) is 2.60. The smallest absolute Gasteiger partial charge is 0.319 e. The minimum Gasteiger partial charge on any atom is -0.495 e. The molecule has 2 N–H and O–H groups in total. The first-order valence-electron chi connectivity index (χ1n) is 6.50. The van der Waals surface area contributed by atoms with Crippen molar-refractivity contribution in [3.05, 3.63) is 35.8 Å². The summed E-state index contributed by atoms with van der Waals surface area (Å²) in [5.41, 5.74) is 0.662. The van der Waals surface area contributed by atoms with Gasteiger partial charge in [0.1, 0.15) is 10.1 Å². The van der Waals surface area contributed by atoms with Crippen molar-refractivity contribution in [2.75, 3.05) is 24.7 Å². The number of nitrogens with one attached hydrogen (secondary N) is 2. The van der Waals surface area contributed by atoms with E-state index in [0.717, 1.165) is 16.5 Å². The number of ether oxygens (including phenoxy) is 1. The first kappa shape index (κ1) is 15.7. The summed E-state index contributed by atoms with van der Waals surface area (Å²) in [6.07, 6.45) is 2.69. The van der Waals surface area contributed by atoms with E-state index in [4.69, 9.17) is 4.74 Å². The lowest BCUT2D eigenvalue weighted by molar-refractivity contribution is 0.252. The van der Waals surface area contributed by atoms with E-state index < -0.39 is 0 Å². The molecule has 112 valence electrons. The number of carbonyl (C=O) groups is 1. The molecule has 1 aromatic heterocycles. The van der Waals surface area contributed by atoms with Gasteiger partial charge in [-0.2, -0.15) is 0 Å². The maximum Gasteiger partial charge on any atom is 0.319 e. The third kappa shape index (κ3) is 5.28. The molecule has 0 atom stereocenters. The first-order chi connectivity index (χ1) is 10.3. The van der Waals surface area contributed by atoms with E-state index in [9.17, 15) is 4.79 Å². The topological polar surface area (TPSA) is 63.2 Å². The first-order valence-corrected chi connectivity index (χ1v) is 8.36. The van der Waals surface area contributed by atoms with Crippen LogP contribution in [0.25, 0.3) is 0 Å². The molecule has 1 aromatic carbocycles. The normalized spacial score (nSPS) is 10.1. The van der Waals surface area contributed by atoms with E-state index in [0.29, 0.717) is 18.0 Å². The number of carbonyl (C=O) groups excluding carboxylic acids is 1. The maximum atomic E-state index is 11.8. The predicted octanol–water partition coefficient (Wildman–Crippen LogP) is 3.46. The molecule has 2 aromatic rings. The van der Waals surface area contributed by atoms with Gasteiger partial charge < -0.3 is 15.4 Å². The van der Waals surface area contributed by atoms with Crippen LogP contribution in [0.2, 0.25) is 0 Å². The van der Waals surface area contributed by atoms with E-state index in [1.807, 2.05) is 17.5 Å². The molecule has 7 heteroatoms. The van der Waals surface area contributed by atoms with E-state index in [-0.39, 0.29) is 6.03 Å². The average molecular weight is 323 g/mol. The number of benzene rings is 1. The lowest BCUT2D eigenvalue weighted by Crippen LogP contribution is -2.29. The second-order valence-corrected chi connectivity index (χ2v) is 6.32. The van der Waals surface area contributed by atoms with Gasteiger partial charge in [0, 0.05) is 23.9 Å². The van der Waals surface area contributed by atoms with Crippen LogP contribution in [0.1, 0.15) is 6.42 Å². The molecule has 0 bridgehead atoms. The summed E-state index contributed by atoms with van der Waals surface area (Å²) < 4.78 is 6.24. The molecule has 0 radical (unpaired) electrons. The van der Waals surface area contributed by atoms with Gasteiger partial charge in [0.2, 0.25) is 0 Å². The SMILES string of the molecule is COc1ccccc1NC(=O)NCCCSc1nccs1. The fourth-order valence-corrected chi connectivity index (χ4v) is 3.28. The second-order valence-electron chi connectivity index (χ2n) is 4.08. The van der Waals surface area contributed by atoms with Gasteiger partial charge in [0.25, 0.3) is 0 Å². The van der Waals surface area contributed by atoms with E-state index >= 15 is 0 Å². The van der Waals surface area contributed by atoms with Gasteiger partial charge in [0.05, 0.1) is 12.8 Å². The van der Waals surface area contributed by atoms with Gasteiger partial charge in [0.15, 0.2) is 0 Å². The van der Waals surface area contributed by atoms with Gasteiger partial charge in [-0.3, -0.25) is 0 Å². The molecule has 1 heterocycles. The van der Waals surface area contributed by atoms with Crippen molar-refractivity contribution in [2.45, 2.75) is 10.8 Å². The summed E-state index contributed by atoms with van der Waals surface area (Å²) in [7, 11) is 1.58. The Hall–Kier alpha value is -1.73. The highest BCUT2D eigenvalue weighted by Crippen LogP contribution is 2.23. The van der Waals surface area contributed by atoms with Crippen molar-refractivity contribution in [3.63, 3.8) is 0 Å². The lowest BCUT2D eigenvalue weighted by Gasteiger charge is -2.10. The molecular weight excluding hydrogens is 306 g/mol. The minimum absolute atomic E-state index is 0.223. The summed E-state index contributed by atoms with van der Waals surface area (Å²) in [4.78, 5) is 16.0. The van der Waals surface area contributed by atoms with Crippen molar-refractivity contribution >= 4 is 34.8 Å². The van der Waals surface area contributed by atoms with E-state index in [1.54, 1.807) is 48.5 Å². The zero-order valence-electron chi connectivity index (χ0n) is 11.7. The standard InChI is InChI=1S/C14H17N3O2S2/c1-19-12-6-3-2-5-11(12)17-13(18)15-7-4-9-20-14-16-8-10-21-14/h2-3,5-6,8,10H,4,7,9H2,1H3,(H2,15,17,18). The monoisotopic (exact) mass is 323 g/mol. The highest BCUT2D eigenvalue weighted by molar-refractivity contribution is 8.00. The Labute approximate surface area is 132 Å². The molecule has 0 unspecified atom stereocenters. The number of anilines is 1. The predicted molar refractivity (Wildman–Crippen MR) is 87.5 cm³/mol. The highest BCUT2D eigenvalue weighted by atomic mass is 32.2. The van der Waals surface area contributed by atoms with Crippen molar-refractivity contribution < 1.29 is 9.53 Å². The molecule has 2 amide bonds. The van der Waals surface area contributed by atoms with Crippen LogP contribution in [-0.4, -0.2) is 30.4 Å². The van der Waals surface area contributed by atoms with Gasteiger partial charge in [-0.1, -0.05) is 23.9 Å². The molecule has 0 aliphatic carbocycles. The molecule has 0 saturated carbocycles. The quantitative estimate of drug-likeness (QED) is 0.605. The fraction of sp³-hybridized carbons (Fsp3) is 0.286. The Morgan fingerprint density at radius 2 is 2.29 bits per heavy atom. The maximum absolute atomic E-state index is 11.8. The van der Waals surface area contributed by atoms with Crippen LogP contribution in [0.5, 0.6) is 5.75 Å². The number of para-hydroxylation sites is 2. The van der Waals surface area contributed by atoms with E-state index in [2.05, 4.69) is 15.6 Å². The molecule has 0 aliphatic heterocycles. The van der Waals surface area contributed by atoms with Crippen LogP contribution in [-0.2, 0) is 0 Å². The summed E-state index contributed by atoms with van der Waals surface area (Å²) in [6.45, 7) is 0.624. The number of methoxy groups -OCH3 is 1. The zero-order valence-corrected chi connectivity index (χ0v) is 13.3. The number of urea groups is 1. The molecule has 21 heavy (non-hydrogen) atoms. The van der Waals surface area contributed by atoms with Crippen LogP contribution in [0.15, 0.2) is 40.2 Å². The molecule has 0 saturated heterocycles. The van der Waals surface area contributed by atoms with Gasteiger partial charge >= 0.3 is 6.03 Å². The van der Waals surface area contributed by atoms with Crippen LogP contribution >= 0.6 is 23.1 Å². The number of amides is 2. The minimum atomic E-state index is -0.223. The molecule has 0 spiro atoms. The number of nitrogens with zero attached hydrogens (tertiary/aromatic N) is 1. The Balaban J connectivity index is 1.65. The Morgan fingerprint density at radius 1 is 1.43 bits per heavy atom. The fourth-order valence-electron chi connectivity index (χ4n) is 1.63. The van der Waals surface area contributed by atoms with Crippen LogP contribution < -0.4 is 15.4 Å². The number of hydrogen-bond donors (Lipinski definition) is 2. The Bertz CT molecular complexity index is 561. The van der Waals surface area contributed by atoms with Gasteiger partial charge in [-0.15, -0.1) is 11.3 Å². The van der Waals surface area contributed by atoms with Crippen molar-refractivity contribution in [1.29, 1.82) is 0 Å².